The Hall–Kier alpha value is -0.730. The summed E-state index contributed by atoms with van der Waals surface area (Å²) in [6.07, 6.45) is 2.09. The van der Waals surface area contributed by atoms with Crippen LogP contribution in [0.4, 0.5) is 0 Å². The van der Waals surface area contributed by atoms with E-state index in [0.29, 0.717) is 16.4 Å². The van der Waals surface area contributed by atoms with Gasteiger partial charge in [-0.15, -0.1) is 0 Å². The molecule has 2 atom stereocenters. The monoisotopic (exact) mass is 283 g/mol. The third-order valence-electron chi connectivity index (χ3n) is 3.21. The zero-order chi connectivity index (χ0) is 14.6. The van der Waals surface area contributed by atoms with Crippen LogP contribution >= 0.6 is 11.6 Å². The van der Waals surface area contributed by atoms with E-state index in [1.165, 1.54) is 0 Å². The number of halogens is 1. The van der Waals surface area contributed by atoms with Crippen LogP contribution in [0.2, 0.25) is 5.02 Å². The van der Waals surface area contributed by atoms with Crippen molar-refractivity contribution in [1.29, 1.82) is 0 Å². The molecule has 19 heavy (non-hydrogen) atoms. The molecule has 0 heterocycles. The third-order valence-corrected chi connectivity index (χ3v) is 3.44. The first-order valence-electron chi connectivity index (χ1n) is 6.82. The molecule has 1 rings (SSSR count). The zero-order valence-corrected chi connectivity index (χ0v) is 13.4. The van der Waals surface area contributed by atoms with Crippen LogP contribution in [0, 0.1) is 11.3 Å². The lowest BCUT2D eigenvalue weighted by molar-refractivity contribution is 0.285. The van der Waals surface area contributed by atoms with E-state index in [1.807, 2.05) is 18.2 Å². The number of methoxy groups -OCH3 is 1. The van der Waals surface area contributed by atoms with E-state index < -0.39 is 0 Å². The Balaban J connectivity index is 2.77. The van der Waals surface area contributed by atoms with Crippen molar-refractivity contribution in [3.05, 3.63) is 28.8 Å². The molecule has 1 aromatic carbocycles. The Morgan fingerprint density at radius 3 is 2.47 bits per heavy atom. The largest absolute Gasteiger partial charge is 0.496 e. The van der Waals surface area contributed by atoms with Crippen LogP contribution in [0.1, 0.15) is 52.1 Å². The lowest BCUT2D eigenvalue weighted by Gasteiger charge is -2.26. The number of benzene rings is 1. The van der Waals surface area contributed by atoms with E-state index in [4.69, 9.17) is 22.1 Å². The van der Waals surface area contributed by atoms with Crippen LogP contribution in [0.25, 0.3) is 0 Å². The molecule has 0 saturated carbocycles. The molecule has 0 aliphatic heterocycles. The highest BCUT2D eigenvalue weighted by molar-refractivity contribution is 6.30. The maximum Gasteiger partial charge on any atom is 0.123 e. The van der Waals surface area contributed by atoms with Gasteiger partial charge >= 0.3 is 0 Å². The van der Waals surface area contributed by atoms with Crippen molar-refractivity contribution in [3.8, 4) is 5.75 Å². The van der Waals surface area contributed by atoms with Crippen LogP contribution in [-0.4, -0.2) is 7.11 Å². The summed E-state index contributed by atoms with van der Waals surface area (Å²) in [6, 6.07) is 5.58. The molecule has 0 aliphatic rings. The van der Waals surface area contributed by atoms with Crippen molar-refractivity contribution < 1.29 is 4.74 Å². The molecule has 0 fully saturated rings. The molecule has 1 aromatic rings. The molecule has 0 bridgehead atoms. The minimum absolute atomic E-state index is 0.0361. The molecule has 2 nitrogen and oxygen atoms in total. The number of hydrogen-bond acceptors (Lipinski definition) is 2. The molecule has 0 amide bonds. The van der Waals surface area contributed by atoms with E-state index in [9.17, 15) is 0 Å². The molecule has 0 saturated heterocycles. The summed E-state index contributed by atoms with van der Waals surface area (Å²) in [6.45, 7) is 9.03. The van der Waals surface area contributed by atoms with Crippen LogP contribution in [0.5, 0.6) is 5.75 Å². The van der Waals surface area contributed by atoms with Gasteiger partial charge in [-0.25, -0.2) is 0 Å². The van der Waals surface area contributed by atoms with Gasteiger partial charge in [0.05, 0.1) is 7.11 Å². The lowest BCUT2D eigenvalue weighted by atomic mass is 9.82. The average Bonchev–Trinajstić information content (AvgIpc) is 2.26. The number of ether oxygens (including phenoxy) is 1. The summed E-state index contributed by atoms with van der Waals surface area (Å²) in [5.74, 6) is 1.39. The highest BCUT2D eigenvalue weighted by atomic mass is 35.5. The van der Waals surface area contributed by atoms with Gasteiger partial charge in [-0.05, 0) is 42.4 Å². The van der Waals surface area contributed by atoms with E-state index in [2.05, 4.69) is 27.7 Å². The van der Waals surface area contributed by atoms with E-state index >= 15 is 0 Å². The number of nitrogens with two attached hydrogens (primary N) is 1. The summed E-state index contributed by atoms with van der Waals surface area (Å²) >= 11 is 6.05. The molecular formula is C16H26ClNO. The topological polar surface area (TPSA) is 35.2 Å². The minimum atomic E-state index is -0.0361. The first kappa shape index (κ1) is 16.3. The Morgan fingerprint density at radius 2 is 1.95 bits per heavy atom. The molecule has 3 heteroatoms. The number of rotatable bonds is 5. The van der Waals surface area contributed by atoms with Gasteiger partial charge in [-0.2, -0.15) is 0 Å². The van der Waals surface area contributed by atoms with Gasteiger partial charge in [0.2, 0.25) is 0 Å². The van der Waals surface area contributed by atoms with Gasteiger partial charge in [0.15, 0.2) is 0 Å². The van der Waals surface area contributed by atoms with Crippen molar-refractivity contribution in [2.24, 2.45) is 17.1 Å². The minimum Gasteiger partial charge on any atom is -0.496 e. The van der Waals surface area contributed by atoms with Crippen LogP contribution in [-0.2, 0) is 0 Å². The molecule has 2 unspecified atom stereocenters. The van der Waals surface area contributed by atoms with E-state index in [-0.39, 0.29) is 6.04 Å². The van der Waals surface area contributed by atoms with E-state index in [1.54, 1.807) is 7.11 Å². The standard InChI is InChI=1S/C16H26ClNO/c1-11(10-16(2,3)4)8-14(18)13-9-12(17)6-7-15(13)19-5/h6-7,9,11,14H,8,10,18H2,1-5H3. The summed E-state index contributed by atoms with van der Waals surface area (Å²) < 4.78 is 5.37. The molecular weight excluding hydrogens is 258 g/mol. The quantitative estimate of drug-likeness (QED) is 0.841. The highest BCUT2D eigenvalue weighted by Gasteiger charge is 2.20. The Bertz CT molecular complexity index is 412. The molecule has 0 spiro atoms. The predicted octanol–water partition coefficient (Wildman–Crippen LogP) is 4.81. The number of hydrogen-bond donors (Lipinski definition) is 1. The van der Waals surface area contributed by atoms with Gasteiger partial charge in [0, 0.05) is 16.6 Å². The second kappa shape index (κ2) is 6.62. The van der Waals surface area contributed by atoms with Crippen molar-refractivity contribution >= 4 is 11.6 Å². The fraction of sp³-hybridized carbons (Fsp3) is 0.625. The molecule has 2 N–H and O–H groups in total. The van der Waals surface area contributed by atoms with Gasteiger partial charge in [0.25, 0.3) is 0 Å². The third kappa shape index (κ3) is 5.42. The summed E-state index contributed by atoms with van der Waals surface area (Å²) in [5, 5.41) is 0.703. The fourth-order valence-corrected chi connectivity index (χ4v) is 2.86. The Kier molecular flexibility index (Phi) is 5.69. The SMILES string of the molecule is COc1ccc(Cl)cc1C(N)CC(C)CC(C)(C)C. The van der Waals surface area contributed by atoms with Crippen LogP contribution in [0.3, 0.4) is 0 Å². The maximum atomic E-state index is 6.32. The normalized spacial score (nSPS) is 15.1. The first-order valence-corrected chi connectivity index (χ1v) is 7.20. The second-order valence-electron chi connectivity index (χ2n) is 6.60. The van der Waals surface area contributed by atoms with Crippen molar-refractivity contribution in [1.82, 2.24) is 0 Å². The predicted molar refractivity (Wildman–Crippen MR) is 82.8 cm³/mol. The average molecular weight is 284 g/mol. The van der Waals surface area contributed by atoms with Gasteiger partial charge in [-0.1, -0.05) is 39.3 Å². The second-order valence-corrected chi connectivity index (χ2v) is 7.03. The van der Waals surface area contributed by atoms with Crippen molar-refractivity contribution in [2.75, 3.05) is 7.11 Å². The van der Waals surface area contributed by atoms with Crippen LogP contribution in [0.15, 0.2) is 18.2 Å². The first-order chi connectivity index (χ1) is 8.73. The molecule has 0 aromatic heterocycles. The molecule has 0 radical (unpaired) electrons. The summed E-state index contributed by atoms with van der Waals surface area (Å²) in [7, 11) is 1.66. The van der Waals surface area contributed by atoms with Gasteiger partial charge < -0.3 is 10.5 Å². The fourth-order valence-electron chi connectivity index (χ4n) is 2.68. The Labute approximate surface area is 122 Å². The molecule has 0 aliphatic carbocycles. The summed E-state index contributed by atoms with van der Waals surface area (Å²) in [4.78, 5) is 0. The maximum absolute atomic E-state index is 6.32. The summed E-state index contributed by atoms with van der Waals surface area (Å²) in [5.41, 5.74) is 7.65. The van der Waals surface area contributed by atoms with Gasteiger partial charge in [0.1, 0.15) is 5.75 Å². The van der Waals surface area contributed by atoms with Crippen molar-refractivity contribution in [2.45, 2.75) is 46.6 Å². The van der Waals surface area contributed by atoms with Crippen LogP contribution < -0.4 is 10.5 Å². The van der Waals surface area contributed by atoms with Gasteiger partial charge in [-0.3, -0.25) is 0 Å². The highest BCUT2D eigenvalue weighted by Crippen LogP contribution is 2.33. The Morgan fingerprint density at radius 1 is 1.32 bits per heavy atom. The van der Waals surface area contributed by atoms with E-state index in [0.717, 1.165) is 24.2 Å². The zero-order valence-electron chi connectivity index (χ0n) is 12.7. The van der Waals surface area contributed by atoms with Crippen molar-refractivity contribution in [3.63, 3.8) is 0 Å². The smallest absolute Gasteiger partial charge is 0.123 e. The lowest BCUT2D eigenvalue weighted by Crippen LogP contribution is -2.18. The molecule has 108 valence electrons.